The number of benzene rings is 3. The number of anilines is 1. The lowest BCUT2D eigenvalue weighted by Crippen LogP contribution is -2.17. The molecule has 1 amide bonds. The zero-order valence-electron chi connectivity index (χ0n) is 15.1. The summed E-state index contributed by atoms with van der Waals surface area (Å²) in [7, 11) is -3.49. The molecule has 3 aromatic carbocycles. The van der Waals surface area contributed by atoms with Crippen molar-refractivity contribution < 1.29 is 13.2 Å². The average molecular weight is 379 g/mol. The molecule has 4 nitrogen and oxygen atoms in total. The van der Waals surface area contributed by atoms with E-state index in [4.69, 9.17) is 0 Å². The Morgan fingerprint density at radius 1 is 0.852 bits per heavy atom. The SMILES string of the molecule is Cc1ccc(S(=O)(=O)CCC(=O)Nc2ccccc2-c2ccccc2)cc1. The second kappa shape index (κ2) is 8.18. The zero-order valence-corrected chi connectivity index (χ0v) is 15.9. The number of hydrogen-bond acceptors (Lipinski definition) is 3. The topological polar surface area (TPSA) is 63.2 Å². The highest BCUT2D eigenvalue weighted by atomic mass is 32.2. The number of nitrogens with one attached hydrogen (secondary N) is 1. The molecule has 0 saturated heterocycles. The fourth-order valence-electron chi connectivity index (χ4n) is 2.76. The first-order valence-electron chi connectivity index (χ1n) is 8.69. The van der Waals surface area contributed by atoms with Gasteiger partial charge in [-0.2, -0.15) is 0 Å². The smallest absolute Gasteiger partial charge is 0.225 e. The molecule has 0 unspecified atom stereocenters. The third kappa shape index (κ3) is 4.83. The molecule has 0 atom stereocenters. The van der Waals surface area contributed by atoms with Crippen molar-refractivity contribution in [1.82, 2.24) is 0 Å². The van der Waals surface area contributed by atoms with Crippen molar-refractivity contribution in [2.75, 3.05) is 11.1 Å². The summed E-state index contributed by atoms with van der Waals surface area (Å²) in [5.41, 5.74) is 3.54. The van der Waals surface area contributed by atoms with Crippen molar-refractivity contribution in [2.24, 2.45) is 0 Å². The lowest BCUT2D eigenvalue weighted by molar-refractivity contribution is -0.115. The van der Waals surface area contributed by atoms with Gasteiger partial charge in [0.25, 0.3) is 0 Å². The fourth-order valence-corrected chi connectivity index (χ4v) is 4.01. The molecule has 0 aliphatic heterocycles. The molecule has 0 bridgehead atoms. The van der Waals surface area contributed by atoms with Crippen molar-refractivity contribution >= 4 is 21.4 Å². The number of rotatable bonds is 6. The van der Waals surface area contributed by atoms with Gasteiger partial charge in [-0.05, 0) is 30.7 Å². The van der Waals surface area contributed by atoms with Crippen molar-refractivity contribution in [3.8, 4) is 11.1 Å². The minimum atomic E-state index is -3.49. The minimum Gasteiger partial charge on any atom is -0.325 e. The van der Waals surface area contributed by atoms with Gasteiger partial charge in [-0.3, -0.25) is 4.79 Å². The normalized spacial score (nSPS) is 11.1. The van der Waals surface area contributed by atoms with Crippen LogP contribution in [0.5, 0.6) is 0 Å². The van der Waals surface area contributed by atoms with E-state index < -0.39 is 9.84 Å². The second-order valence-electron chi connectivity index (χ2n) is 6.34. The van der Waals surface area contributed by atoms with E-state index in [9.17, 15) is 13.2 Å². The van der Waals surface area contributed by atoms with Gasteiger partial charge in [-0.25, -0.2) is 8.42 Å². The van der Waals surface area contributed by atoms with E-state index in [0.29, 0.717) is 5.69 Å². The fraction of sp³-hybridized carbons (Fsp3) is 0.136. The van der Waals surface area contributed by atoms with Crippen LogP contribution in [-0.2, 0) is 14.6 Å². The lowest BCUT2D eigenvalue weighted by Gasteiger charge is -2.11. The van der Waals surface area contributed by atoms with E-state index in [2.05, 4.69) is 5.32 Å². The Morgan fingerprint density at radius 2 is 1.48 bits per heavy atom. The summed E-state index contributed by atoms with van der Waals surface area (Å²) in [5, 5.41) is 2.84. The van der Waals surface area contributed by atoms with Gasteiger partial charge in [0, 0.05) is 17.7 Å². The summed E-state index contributed by atoms with van der Waals surface area (Å²) in [5.74, 6) is -0.552. The zero-order chi connectivity index (χ0) is 19.3. The standard InChI is InChI=1S/C22H21NO3S/c1-17-11-13-19(14-12-17)27(25,26)16-15-22(24)23-21-10-6-5-9-20(21)18-7-3-2-4-8-18/h2-14H,15-16H2,1H3,(H,23,24). The van der Waals surface area contributed by atoms with Crippen LogP contribution in [0.25, 0.3) is 11.1 Å². The van der Waals surface area contributed by atoms with Crippen LogP contribution in [0.1, 0.15) is 12.0 Å². The van der Waals surface area contributed by atoms with Crippen LogP contribution in [0.3, 0.4) is 0 Å². The molecule has 0 heterocycles. The molecule has 0 aliphatic rings. The predicted molar refractivity (Wildman–Crippen MR) is 108 cm³/mol. The van der Waals surface area contributed by atoms with Gasteiger partial charge in [-0.15, -0.1) is 0 Å². The molecule has 3 aromatic rings. The molecule has 0 aliphatic carbocycles. The van der Waals surface area contributed by atoms with E-state index in [1.54, 1.807) is 24.3 Å². The molecule has 0 spiro atoms. The maximum Gasteiger partial charge on any atom is 0.225 e. The Bertz CT molecular complexity index is 1030. The molecule has 0 aromatic heterocycles. The molecule has 5 heteroatoms. The minimum absolute atomic E-state index is 0.0979. The van der Waals surface area contributed by atoms with E-state index >= 15 is 0 Å². The number of carbonyl (C=O) groups is 1. The molecule has 138 valence electrons. The monoisotopic (exact) mass is 379 g/mol. The van der Waals surface area contributed by atoms with Crippen LogP contribution in [0, 0.1) is 6.92 Å². The molecule has 3 rings (SSSR count). The van der Waals surface area contributed by atoms with Crippen LogP contribution in [0.4, 0.5) is 5.69 Å². The van der Waals surface area contributed by atoms with E-state index in [1.165, 1.54) is 0 Å². The first-order chi connectivity index (χ1) is 13.0. The Hall–Kier alpha value is -2.92. The Labute approximate surface area is 159 Å². The predicted octanol–water partition coefficient (Wildman–Crippen LogP) is 4.46. The van der Waals surface area contributed by atoms with E-state index in [-0.39, 0.29) is 23.0 Å². The van der Waals surface area contributed by atoms with Crippen molar-refractivity contribution in [3.05, 3.63) is 84.4 Å². The molecule has 0 fully saturated rings. The first kappa shape index (κ1) is 18.9. The average Bonchev–Trinajstić information content (AvgIpc) is 2.68. The van der Waals surface area contributed by atoms with Gasteiger partial charge < -0.3 is 5.32 Å². The van der Waals surface area contributed by atoms with E-state index in [1.807, 2.05) is 61.5 Å². The van der Waals surface area contributed by atoms with Crippen molar-refractivity contribution in [3.63, 3.8) is 0 Å². The highest BCUT2D eigenvalue weighted by molar-refractivity contribution is 7.91. The van der Waals surface area contributed by atoms with Gasteiger partial charge in [-0.1, -0.05) is 66.2 Å². The molecule has 1 N–H and O–H groups in total. The summed E-state index contributed by atoms with van der Waals surface area (Å²) in [6.07, 6.45) is -0.0979. The van der Waals surface area contributed by atoms with Gasteiger partial charge >= 0.3 is 0 Å². The largest absolute Gasteiger partial charge is 0.325 e. The summed E-state index contributed by atoms with van der Waals surface area (Å²) >= 11 is 0. The third-order valence-corrected chi connectivity index (χ3v) is 6.00. The number of aryl methyl sites for hydroxylation is 1. The third-order valence-electron chi connectivity index (χ3n) is 4.26. The summed E-state index contributed by atoms with van der Waals surface area (Å²) in [6, 6.07) is 23.9. The molecular weight excluding hydrogens is 358 g/mol. The van der Waals surface area contributed by atoms with Gasteiger partial charge in [0.05, 0.1) is 10.6 Å². The summed E-state index contributed by atoms with van der Waals surface area (Å²) in [6.45, 7) is 1.90. The van der Waals surface area contributed by atoms with Crippen LogP contribution in [-0.4, -0.2) is 20.1 Å². The quantitative estimate of drug-likeness (QED) is 0.687. The maximum absolute atomic E-state index is 12.4. The lowest BCUT2D eigenvalue weighted by atomic mass is 10.0. The highest BCUT2D eigenvalue weighted by Gasteiger charge is 2.17. The Kier molecular flexibility index (Phi) is 5.72. The number of para-hydroxylation sites is 1. The number of amides is 1. The van der Waals surface area contributed by atoms with Gasteiger partial charge in [0.15, 0.2) is 9.84 Å². The number of carbonyl (C=O) groups excluding carboxylic acids is 1. The first-order valence-corrected chi connectivity index (χ1v) is 10.3. The Morgan fingerprint density at radius 3 is 2.19 bits per heavy atom. The molecular formula is C22H21NO3S. The van der Waals surface area contributed by atoms with Crippen LogP contribution >= 0.6 is 0 Å². The van der Waals surface area contributed by atoms with E-state index in [0.717, 1.165) is 16.7 Å². The maximum atomic E-state index is 12.4. The van der Waals surface area contributed by atoms with Crippen molar-refractivity contribution in [2.45, 2.75) is 18.2 Å². The summed E-state index contributed by atoms with van der Waals surface area (Å²) in [4.78, 5) is 12.6. The molecule has 0 saturated carbocycles. The Balaban J connectivity index is 1.69. The number of hydrogen-bond donors (Lipinski definition) is 1. The molecule has 27 heavy (non-hydrogen) atoms. The van der Waals surface area contributed by atoms with Gasteiger partial charge in [0.2, 0.25) is 5.91 Å². The highest BCUT2D eigenvalue weighted by Crippen LogP contribution is 2.27. The number of sulfone groups is 1. The van der Waals surface area contributed by atoms with Gasteiger partial charge in [0.1, 0.15) is 0 Å². The second-order valence-corrected chi connectivity index (χ2v) is 8.45. The van der Waals surface area contributed by atoms with Crippen molar-refractivity contribution in [1.29, 1.82) is 0 Å². The van der Waals surface area contributed by atoms with Crippen LogP contribution < -0.4 is 5.32 Å². The van der Waals surface area contributed by atoms with Crippen LogP contribution in [0.15, 0.2) is 83.8 Å². The molecule has 0 radical (unpaired) electrons. The van der Waals surface area contributed by atoms with Crippen LogP contribution in [0.2, 0.25) is 0 Å². The summed E-state index contributed by atoms with van der Waals surface area (Å²) < 4.78 is 24.8.